The predicted molar refractivity (Wildman–Crippen MR) is 81.4 cm³/mol. The number of aliphatic hydroxyl groups excluding tert-OH is 1. The van der Waals surface area contributed by atoms with Crippen molar-refractivity contribution in [1.82, 2.24) is 0 Å². The average Bonchev–Trinajstić information content (AvgIpc) is 2.47. The van der Waals surface area contributed by atoms with Gasteiger partial charge in [-0.3, -0.25) is 0 Å². The molecule has 1 saturated heterocycles. The van der Waals surface area contributed by atoms with Crippen molar-refractivity contribution in [3.05, 3.63) is 28.7 Å². The lowest BCUT2D eigenvalue weighted by molar-refractivity contribution is -0.0808. The van der Waals surface area contributed by atoms with Crippen molar-refractivity contribution in [3.8, 4) is 0 Å². The Balaban J connectivity index is 2.37. The van der Waals surface area contributed by atoms with Crippen LogP contribution in [-0.2, 0) is 4.74 Å². The number of rotatable bonds is 3. The van der Waals surface area contributed by atoms with E-state index in [1.165, 1.54) is 0 Å². The number of aliphatic hydroxyl groups is 1. The van der Waals surface area contributed by atoms with E-state index in [2.05, 4.69) is 35.1 Å². The molecular formula is C15H22BrNO2. The molecule has 1 heterocycles. The molecule has 0 saturated carbocycles. The molecule has 106 valence electrons. The molecule has 2 N–H and O–H groups in total. The van der Waals surface area contributed by atoms with E-state index < -0.39 is 11.1 Å². The van der Waals surface area contributed by atoms with Gasteiger partial charge in [-0.05, 0) is 55.8 Å². The van der Waals surface area contributed by atoms with E-state index in [-0.39, 0.29) is 12.2 Å². The molecule has 0 aromatic heterocycles. The average molecular weight is 328 g/mol. The maximum Gasteiger partial charge on any atom is 0.0916 e. The number of nitrogens with one attached hydrogen (secondary N) is 1. The number of hydrogen-bond acceptors (Lipinski definition) is 3. The van der Waals surface area contributed by atoms with Gasteiger partial charge in [0.05, 0.1) is 23.3 Å². The summed E-state index contributed by atoms with van der Waals surface area (Å²) in [6, 6.07) is 7.94. The summed E-state index contributed by atoms with van der Waals surface area (Å²) in [6.07, 6.45) is 0.755. The van der Waals surface area contributed by atoms with Crippen LogP contribution in [0.5, 0.6) is 0 Å². The van der Waals surface area contributed by atoms with Crippen LogP contribution < -0.4 is 5.32 Å². The standard InChI is InChI=1S/C15H22BrNO2/c1-13(2)9-15(10-18,14(3,4)19-13)17-12-8-6-5-7-11(12)16/h5-8,17-18H,9-10H2,1-4H3. The Morgan fingerprint density at radius 1 is 1.26 bits per heavy atom. The molecule has 0 spiro atoms. The molecule has 0 bridgehead atoms. The highest BCUT2D eigenvalue weighted by atomic mass is 79.9. The first-order chi connectivity index (χ1) is 8.71. The molecule has 0 radical (unpaired) electrons. The maximum atomic E-state index is 9.98. The number of benzene rings is 1. The van der Waals surface area contributed by atoms with Crippen LogP contribution in [0.3, 0.4) is 0 Å². The summed E-state index contributed by atoms with van der Waals surface area (Å²) >= 11 is 3.54. The zero-order chi connectivity index (χ0) is 14.3. The van der Waals surface area contributed by atoms with Crippen molar-refractivity contribution in [2.75, 3.05) is 11.9 Å². The van der Waals surface area contributed by atoms with Crippen LogP contribution in [0.25, 0.3) is 0 Å². The van der Waals surface area contributed by atoms with Crippen molar-refractivity contribution in [3.63, 3.8) is 0 Å². The second-order valence-corrected chi connectivity index (χ2v) is 7.25. The second kappa shape index (κ2) is 4.76. The van der Waals surface area contributed by atoms with Crippen LogP contribution in [0, 0.1) is 0 Å². The molecule has 1 aliphatic rings. The molecule has 0 amide bonds. The van der Waals surface area contributed by atoms with Gasteiger partial charge in [-0.15, -0.1) is 0 Å². The molecule has 1 fully saturated rings. The van der Waals surface area contributed by atoms with Gasteiger partial charge < -0.3 is 15.2 Å². The zero-order valence-electron chi connectivity index (χ0n) is 12.0. The fourth-order valence-corrected chi connectivity index (χ4v) is 3.45. The highest BCUT2D eigenvalue weighted by molar-refractivity contribution is 9.10. The Morgan fingerprint density at radius 2 is 1.89 bits per heavy atom. The van der Waals surface area contributed by atoms with E-state index >= 15 is 0 Å². The Labute approximate surface area is 123 Å². The summed E-state index contributed by atoms with van der Waals surface area (Å²) in [5, 5.41) is 13.5. The number of ether oxygens (including phenoxy) is 1. The SMILES string of the molecule is CC1(C)CC(CO)(Nc2ccccc2Br)C(C)(C)O1. The van der Waals surface area contributed by atoms with Crippen molar-refractivity contribution in [1.29, 1.82) is 0 Å². The van der Waals surface area contributed by atoms with Crippen molar-refractivity contribution >= 4 is 21.6 Å². The molecule has 4 heteroatoms. The third-order valence-electron chi connectivity index (χ3n) is 3.93. The van der Waals surface area contributed by atoms with Gasteiger partial charge >= 0.3 is 0 Å². The fraction of sp³-hybridized carbons (Fsp3) is 0.600. The molecule has 1 aromatic rings. The van der Waals surface area contributed by atoms with Crippen LogP contribution in [-0.4, -0.2) is 28.5 Å². The Bertz CT molecular complexity index is 473. The van der Waals surface area contributed by atoms with E-state index in [0.29, 0.717) is 0 Å². The second-order valence-electron chi connectivity index (χ2n) is 6.39. The zero-order valence-corrected chi connectivity index (χ0v) is 13.5. The lowest BCUT2D eigenvalue weighted by atomic mass is 9.79. The molecular weight excluding hydrogens is 306 g/mol. The summed E-state index contributed by atoms with van der Waals surface area (Å²) in [6.45, 7) is 8.22. The summed E-state index contributed by atoms with van der Waals surface area (Å²) in [5.74, 6) is 0. The van der Waals surface area contributed by atoms with E-state index in [0.717, 1.165) is 16.6 Å². The summed E-state index contributed by atoms with van der Waals surface area (Å²) in [5.41, 5.74) is -0.201. The number of para-hydroxylation sites is 1. The van der Waals surface area contributed by atoms with Crippen LogP contribution in [0.2, 0.25) is 0 Å². The highest BCUT2D eigenvalue weighted by Gasteiger charge is 2.57. The molecule has 0 aliphatic carbocycles. The van der Waals surface area contributed by atoms with Gasteiger partial charge in [0.1, 0.15) is 0 Å². The minimum atomic E-state index is -0.486. The maximum absolute atomic E-state index is 9.98. The fourth-order valence-electron chi connectivity index (χ4n) is 3.07. The number of anilines is 1. The molecule has 1 aromatic carbocycles. The molecule has 3 nitrogen and oxygen atoms in total. The van der Waals surface area contributed by atoms with Gasteiger partial charge in [0.2, 0.25) is 0 Å². The van der Waals surface area contributed by atoms with Crippen molar-refractivity contribution < 1.29 is 9.84 Å². The van der Waals surface area contributed by atoms with E-state index in [1.807, 2.05) is 38.1 Å². The highest BCUT2D eigenvalue weighted by Crippen LogP contribution is 2.47. The molecule has 19 heavy (non-hydrogen) atoms. The molecule has 1 unspecified atom stereocenters. The Hall–Kier alpha value is -0.580. The van der Waals surface area contributed by atoms with Gasteiger partial charge in [0.25, 0.3) is 0 Å². The largest absolute Gasteiger partial charge is 0.394 e. The van der Waals surface area contributed by atoms with Crippen molar-refractivity contribution in [2.24, 2.45) is 0 Å². The minimum Gasteiger partial charge on any atom is -0.394 e. The number of halogens is 1. The van der Waals surface area contributed by atoms with Gasteiger partial charge in [-0.25, -0.2) is 0 Å². The smallest absolute Gasteiger partial charge is 0.0916 e. The molecule has 2 rings (SSSR count). The lowest BCUT2D eigenvalue weighted by Crippen LogP contribution is -2.55. The third-order valence-corrected chi connectivity index (χ3v) is 4.62. The van der Waals surface area contributed by atoms with Gasteiger partial charge in [-0.2, -0.15) is 0 Å². The van der Waals surface area contributed by atoms with E-state index in [4.69, 9.17) is 4.74 Å². The predicted octanol–water partition coefficient (Wildman–Crippen LogP) is 3.57. The van der Waals surface area contributed by atoms with Crippen LogP contribution in [0.4, 0.5) is 5.69 Å². The first kappa shape index (κ1) is 14.8. The van der Waals surface area contributed by atoms with Crippen LogP contribution >= 0.6 is 15.9 Å². The van der Waals surface area contributed by atoms with E-state index in [9.17, 15) is 5.11 Å². The summed E-state index contributed by atoms with van der Waals surface area (Å²) in [7, 11) is 0. The Kier molecular flexibility index (Phi) is 3.71. The quantitative estimate of drug-likeness (QED) is 0.891. The molecule has 1 atom stereocenters. The normalized spacial score (nSPS) is 28.3. The van der Waals surface area contributed by atoms with Gasteiger partial charge in [-0.1, -0.05) is 12.1 Å². The van der Waals surface area contributed by atoms with Gasteiger partial charge in [0.15, 0.2) is 0 Å². The first-order valence-electron chi connectivity index (χ1n) is 6.55. The third kappa shape index (κ3) is 2.67. The minimum absolute atomic E-state index is 0.0325. The first-order valence-corrected chi connectivity index (χ1v) is 7.34. The Morgan fingerprint density at radius 3 is 2.37 bits per heavy atom. The summed E-state index contributed by atoms with van der Waals surface area (Å²) < 4.78 is 7.11. The number of hydrogen-bond donors (Lipinski definition) is 2. The summed E-state index contributed by atoms with van der Waals surface area (Å²) in [4.78, 5) is 0. The monoisotopic (exact) mass is 327 g/mol. The van der Waals surface area contributed by atoms with E-state index in [1.54, 1.807) is 0 Å². The van der Waals surface area contributed by atoms with Crippen molar-refractivity contribution in [2.45, 2.75) is 50.9 Å². The lowest BCUT2D eigenvalue weighted by Gasteiger charge is -2.40. The topological polar surface area (TPSA) is 41.5 Å². The van der Waals surface area contributed by atoms with Crippen LogP contribution in [0.1, 0.15) is 34.1 Å². The van der Waals surface area contributed by atoms with Crippen LogP contribution in [0.15, 0.2) is 28.7 Å². The molecule has 1 aliphatic heterocycles. The van der Waals surface area contributed by atoms with Gasteiger partial charge in [0, 0.05) is 16.6 Å².